The number of methoxy groups -OCH3 is 1. The molecule has 0 radical (unpaired) electrons. The Morgan fingerprint density at radius 2 is 2.28 bits per heavy atom. The van der Waals surface area contributed by atoms with E-state index in [4.69, 9.17) is 0 Å². The summed E-state index contributed by atoms with van der Waals surface area (Å²) < 4.78 is 4.66. The van der Waals surface area contributed by atoms with Crippen molar-refractivity contribution in [1.29, 1.82) is 0 Å². The van der Waals surface area contributed by atoms with Crippen LogP contribution in [0.4, 0.5) is 0 Å². The van der Waals surface area contributed by atoms with E-state index in [-0.39, 0.29) is 17.2 Å². The third kappa shape index (κ3) is 2.24. The first-order chi connectivity index (χ1) is 8.63. The van der Waals surface area contributed by atoms with Crippen LogP contribution in [0.25, 0.3) is 0 Å². The van der Waals surface area contributed by atoms with E-state index in [0.717, 1.165) is 6.42 Å². The van der Waals surface area contributed by atoms with Crippen LogP contribution >= 0.6 is 0 Å². The number of rotatable bonds is 2. The van der Waals surface area contributed by atoms with E-state index in [1.807, 2.05) is 0 Å². The van der Waals surface area contributed by atoms with Crippen LogP contribution in [0.3, 0.4) is 0 Å². The first kappa shape index (κ1) is 12.3. The highest BCUT2D eigenvalue weighted by molar-refractivity contribution is 5.95. The lowest BCUT2D eigenvalue weighted by Gasteiger charge is -2.21. The smallest absolute Gasteiger partial charge is 0.328 e. The van der Waals surface area contributed by atoms with Gasteiger partial charge in [-0.3, -0.25) is 9.59 Å². The van der Waals surface area contributed by atoms with E-state index < -0.39 is 12.0 Å². The third-order valence-electron chi connectivity index (χ3n) is 2.89. The average molecular weight is 251 g/mol. The number of likely N-dealkylation sites (tertiary alicyclic amines) is 1. The number of carbonyl (C=O) groups is 2. The summed E-state index contributed by atoms with van der Waals surface area (Å²) in [7, 11) is 1.29. The number of carbonyl (C=O) groups excluding carboxylic acids is 2. The molecule has 7 heteroatoms. The maximum absolute atomic E-state index is 12.1. The first-order valence-corrected chi connectivity index (χ1v) is 5.58. The molecular weight excluding hydrogens is 238 g/mol. The molecule has 1 aromatic heterocycles. The van der Waals surface area contributed by atoms with Crippen molar-refractivity contribution in [2.45, 2.75) is 18.9 Å². The van der Waals surface area contributed by atoms with Gasteiger partial charge in [-0.25, -0.2) is 9.89 Å². The first-order valence-electron chi connectivity index (χ1n) is 5.58. The van der Waals surface area contributed by atoms with Gasteiger partial charge in [0.25, 0.3) is 11.5 Å². The molecule has 0 saturated carbocycles. The lowest BCUT2D eigenvalue weighted by atomic mass is 10.2. The van der Waals surface area contributed by atoms with Crippen molar-refractivity contribution < 1.29 is 14.3 Å². The Labute approximate surface area is 103 Å². The van der Waals surface area contributed by atoms with Crippen LogP contribution in [0.5, 0.6) is 0 Å². The van der Waals surface area contributed by atoms with Crippen LogP contribution in [-0.2, 0) is 9.53 Å². The second kappa shape index (κ2) is 4.99. The van der Waals surface area contributed by atoms with Crippen molar-refractivity contribution in [1.82, 2.24) is 15.1 Å². The molecule has 0 bridgehead atoms. The molecule has 1 aromatic rings. The van der Waals surface area contributed by atoms with E-state index in [1.54, 1.807) is 0 Å². The van der Waals surface area contributed by atoms with Gasteiger partial charge in [0, 0.05) is 12.6 Å². The summed E-state index contributed by atoms with van der Waals surface area (Å²) >= 11 is 0. The quantitative estimate of drug-likeness (QED) is 0.718. The Morgan fingerprint density at radius 3 is 2.89 bits per heavy atom. The lowest BCUT2D eigenvalue weighted by molar-refractivity contribution is -0.145. The van der Waals surface area contributed by atoms with Gasteiger partial charge in [-0.2, -0.15) is 5.10 Å². The van der Waals surface area contributed by atoms with Gasteiger partial charge >= 0.3 is 5.97 Å². The molecule has 1 aliphatic rings. The summed E-state index contributed by atoms with van der Waals surface area (Å²) in [5.41, 5.74) is -0.261. The normalized spacial score (nSPS) is 18.7. The summed E-state index contributed by atoms with van der Waals surface area (Å²) in [6.07, 6.45) is 1.33. The van der Waals surface area contributed by atoms with Crippen LogP contribution in [-0.4, -0.2) is 46.7 Å². The van der Waals surface area contributed by atoms with E-state index in [0.29, 0.717) is 13.0 Å². The summed E-state index contributed by atoms with van der Waals surface area (Å²) in [6.45, 7) is 0.486. The Kier molecular flexibility index (Phi) is 3.40. The Hall–Kier alpha value is -2.18. The molecule has 18 heavy (non-hydrogen) atoms. The second-order valence-corrected chi connectivity index (χ2v) is 3.99. The topological polar surface area (TPSA) is 92.4 Å². The molecule has 1 fully saturated rings. The molecule has 1 N–H and O–H groups in total. The van der Waals surface area contributed by atoms with Gasteiger partial charge in [-0.05, 0) is 18.9 Å². The SMILES string of the molecule is COC(=O)C1CCCN1C(=O)c1ccc(=O)[nH]n1. The number of hydrogen-bond donors (Lipinski definition) is 1. The predicted molar refractivity (Wildman–Crippen MR) is 60.9 cm³/mol. The Morgan fingerprint density at radius 1 is 1.50 bits per heavy atom. The number of nitrogens with one attached hydrogen (secondary N) is 1. The number of H-pyrrole nitrogens is 1. The molecule has 1 saturated heterocycles. The number of ether oxygens (including phenoxy) is 1. The maximum atomic E-state index is 12.1. The zero-order chi connectivity index (χ0) is 13.1. The number of nitrogens with zero attached hydrogens (tertiary/aromatic N) is 2. The molecule has 2 heterocycles. The number of amides is 1. The highest BCUT2D eigenvalue weighted by Crippen LogP contribution is 2.20. The molecule has 1 amide bonds. The summed E-state index contributed by atoms with van der Waals surface area (Å²) in [5.74, 6) is -0.801. The van der Waals surface area contributed by atoms with Gasteiger partial charge in [0.2, 0.25) is 0 Å². The van der Waals surface area contributed by atoms with E-state index in [2.05, 4.69) is 14.9 Å². The average Bonchev–Trinajstić information content (AvgIpc) is 2.87. The van der Waals surface area contributed by atoms with Crippen LogP contribution in [0.2, 0.25) is 0 Å². The molecular formula is C11H13N3O4. The van der Waals surface area contributed by atoms with Gasteiger partial charge in [-0.1, -0.05) is 0 Å². The molecule has 2 rings (SSSR count). The molecule has 96 valence electrons. The largest absolute Gasteiger partial charge is 0.467 e. The zero-order valence-electron chi connectivity index (χ0n) is 9.88. The van der Waals surface area contributed by atoms with Crippen molar-refractivity contribution in [3.05, 3.63) is 28.2 Å². The fourth-order valence-corrected chi connectivity index (χ4v) is 2.00. The van der Waals surface area contributed by atoms with Gasteiger partial charge in [0.15, 0.2) is 0 Å². The molecule has 7 nitrogen and oxygen atoms in total. The predicted octanol–water partition coefficient (Wildman–Crippen LogP) is -0.453. The van der Waals surface area contributed by atoms with Crippen molar-refractivity contribution in [3.63, 3.8) is 0 Å². The van der Waals surface area contributed by atoms with Crippen molar-refractivity contribution in [2.24, 2.45) is 0 Å². The molecule has 1 unspecified atom stereocenters. The van der Waals surface area contributed by atoms with Crippen LogP contribution < -0.4 is 5.56 Å². The molecule has 0 spiro atoms. The number of aromatic nitrogens is 2. The second-order valence-electron chi connectivity index (χ2n) is 3.99. The third-order valence-corrected chi connectivity index (χ3v) is 2.89. The number of esters is 1. The highest BCUT2D eigenvalue weighted by Gasteiger charge is 2.35. The van der Waals surface area contributed by atoms with Crippen LogP contribution in [0.15, 0.2) is 16.9 Å². The Bertz CT molecular complexity index is 505. The zero-order valence-corrected chi connectivity index (χ0v) is 9.88. The minimum atomic E-state index is -0.559. The molecule has 0 aromatic carbocycles. The summed E-state index contributed by atoms with van der Waals surface area (Å²) in [4.78, 5) is 35.9. The number of aromatic amines is 1. The van der Waals surface area contributed by atoms with Crippen LogP contribution in [0, 0.1) is 0 Å². The van der Waals surface area contributed by atoms with E-state index in [1.165, 1.54) is 24.1 Å². The fourth-order valence-electron chi connectivity index (χ4n) is 2.00. The van der Waals surface area contributed by atoms with Crippen molar-refractivity contribution in [3.8, 4) is 0 Å². The number of hydrogen-bond acceptors (Lipinski definition) is 5. The molecule has 1 atom stereocenters. The van der Waals surface area contributed by atoms with Crippen molar-refractivity contribution >= 4 is 11.9 Å². The highest BCUT2D eigenvalue weighted by atomic mass is 16.5. The maximum Gasteiger partial charge on any atom is 0.328 e. The standard InChI is InChI=1S/C11H13N3O4/c1-18-11(17)8-3-2-6-14(8)10(16)7-4-5-9(15)13-12-7/h4-5,8H,2-3,6H2,1H3,(H,13,15). The summed E-state index contributed by atoms with van der Waals surface area (Å²) in [5, 5.41) is 5.85. The van der Waals surface area contributed by atoms with Gasteiger partial charge < -0.3 is 9.64 Å². The van der Waals surface area contributed by atoms with Gasteiger partial charge in [0.05, 0.1) is 7.11 Å². The van der Waals surface area contributed by atoms with Gasteiger partial charge in [-0.15, -0.1) is 0 Å². The molecule has 1 aliphatic heterocycles. The van der Waals surface area contributed by atoms with E-state index in [9.17, 15) is 14.4 Å². The minimum absolute atomic E-state index is 0.116. The van der Waals surface area contributed by atoms with Gasteiger partial charge in [0.1, 0.15) is 11.7 Å². The molecule has 0 aliphatic carbocycles. The fraction of sp³-hybridized carbons (Fsp3) is 0.455. The van der Waals surface area contributed by atoms with Crippen molar-refractivity contribution in [2.75, 3.05) is 13.7 Å². The Balaban J connectivity index is 2.20. The monoisotopic (exact) mass is 251 g/mol. The van der Waals surface area contributed by atoms with Crippen LogP contribution in [0.1, 0.15) is 23.3 Å². The minimum Gasteiger partial charge on any atom is -0.467 e. The van der Waals surface area contributed by atoms with E-state index >= 15 is 0 Å². The summed E-state index contributed by atoms with van der Waals surface area (Å²) in [6, 6.07) is 2.01. The lowest BCUT2D eigenvalue weighted by Crippen LogP contribution is -2.41.